The minimum absolute atomic E-state index is 0.502. The molecule has 0 spiro atoms. The number of nitriles is 1. The van der Waals surface area contributed by atoms with Crippen molar-refractivity contribution in [3.05, 3.63) is 29.6 Å². The van der Waals surface area contributed by atoms with Crippen LogP contribution in [0.2, 0.25) is 0 Å². The SMILES string of the molecule is C[C@H](O)C#Cc1ccc(C#N)cn1. The summed E-state index contributed by atoms with van der Waals surface area (Å²) in [4.78, 5) is 3.91. The zero-order valence-electron chi connectivity index (χ0n) is 7.15. The van der Waals surface area contributed by atoms with Crippen molar-refractivity contribution >= 4 is 0 Å². The lowest BCUT2D eigenvalue weighted by Gasteiger charge is -1.90. The molecule has 0 fully saturated rings. The highest BCUT2D eigenvalue weighted by Gasteiger charge is 1.91. The van der Waals surface area contributed by atoms with Crippen LogP contribution in [0.25, 0.3) is 0 Å². The molecule has 64 valence electrons. The summed E-state index contributed by atoms with van der Waals surface area (Å²) in [7, 11) is 0. The van der Waals surface area contributed by atoms with Crippen molar-refractivity contribution in [2.24, 2.45) is 0 Å². The minimum atomic E-state index is -0.655. The van der Waals surface area contributed by atoms with Gasteiger partial charge in [0.05, 0.1) is 5.56 Å². The van der Waals surface area contributed by atoms with E-state index < -0.39 is 6.10 Å². The van der Waals surface area contributed by atoms with Gasteiger partial charge < -0.3 is 5.11 Å². The zero-order valence-corrected chi connectivity index (χ0v) is 7.15. The molecule has 0 aliphatic rings. The summed E-state index contributed by atoms with van der Waals surface area (Å²) in [5, 5.41) is 17.3. The molecule has 1 aromatic rings. The molecule has 1 N–H and O–H groups in total. The number of aromatic nitrogens is 1. The molecule has 0 aromatic carbocycles. The van der Waals surface area contributed by atoms with Crippen molar-refractivity contribution in [3.8, 4) is 17.9 Å². The van der Waals surface area contributed by atoms with Crippen molar-refractivity contribution in [3.63, 3.8) is 0 Å². The van der Waals surface area contributed by atoms with Crippen LogP contribution in [0, 0.1) is 23.2 Å². The first kappa shape index (κ1) is 9.25. The average Bonchev–Trinajstić information content (AvgIpc) is 2.15. The Morgan fingerprint density at radius 1 is 1.54 bits per heavy atom. The molecule has 1 aromatic heterocycles. The van der Waals surface area contributed by atoms with E-state index in [4.69, 9.17) is 10.4 Å². The Morgan fingerprint density at radius 2 is 2.31 bits per heavy atom. The lowest BCUT2D eigenvalue weighted by Crippen LogP contribution is -1.93. The fourth-order valence-corrected chi connectivity index (χ4v) is 0.712. The van der Waals surface area contributed by atoms with E-state index in [2.05, 4.69) is 16.8 Å². The summed E-state index contributed by atoms with van der Waals surface area (Å²) in [6.07, 6.45) is 0.795. The van der Waals surface area contributed by atoms with Crippen LogP contribution in [0.1, 0.15) is 18.2 Å². The van der Waals surface area contributed by atoms with E-state index in [9.17, 15) is 0 Å². The summed E-state index contributed by atoms with van der Waals surface area (Å²) >= 11 is 0. The highest BCUT2D eigenvalue weighted by Crippen LogP contribution is 1.96. The molecule has 3 heteroatoms. The van der Waals surface area contributed by atoms with Crippen LogP contribution in [-0.4, -0.2) is 16.2 Å². The monoisotopic (exact) mass is 172 g/mol. The Labute approximate surface area is 76.7 Å². The van der Waals surface area contributed by atoms with Crippen molar-refractivity contribution < 1.29 is 5.11 Å². The molecule has 0 saturated heterocycles. The Kier molecular flexibility index (Phi) is 3.03. The van der Waals surface area contributed by atoms with E-state index in [1.807, 2.05) is 6.07 Å². The standard InChI is InChI=1S/C10H8N2O/c1-8(13)2-4-10-5-3-9(6-11)7-12-10/h3,5,7-8,13H,1H3/t8-/m0/s1. The van der Waals surface area contributed by atoms with Gasteiger partial charge in [0.15, 0.2) is 0 Å². The van der Waals surface area contributed by atoms with E-state index in [0.717, 1.165) is 0 Å². The number of aliphatic hydroxyl groups excluding tert-OH is 1. The molecule has 1 atom stereocenters. The number of aliphatic hydroxyl groups is 1. The number of hydrogen-bond acceptors (Lipinski definition) is 3. The van der Waals surface area contributed by atoms with Crippen molar-refractivity contribution in [2.45, 2.75) is 13.0 Å². The van der Waals surface area contributed by atoms with Crippen LogP contribution in [0.4, 0.5) is 0 Å². The van der Waals surface area contributed by atoms with Gasteiger partial charge in [0.25, 0.3) is 0 Å². The number of pyridine rings is 1. The smallest absolute Gasteiger partial charge is 0.113 e. The van der Waals surface area contributed by atoms with Gasteiger partial charge in [0.1, 0.15) is 17.9 Å². The minimum Gasteiger partial charge on any atom is -0.381 e. The topological polar surface area (TPSA) is 56.9 Å². The largest absolute Gasteiger partial charge is 0.381 e. The second kappa shape index (κ2) is 4.25. The van der Waals surface area contributed by atoms with E-state index >= 15 is 0 Å². The van der Waals surface area contributed by atoms with E-state index in [0.29, 0.717) is 11.3 Å². The predicted octanol–water partition coefficient (Wildman–Crippen LogP) is 0.686. The molecule has 3 nitrogen and oxygen atoms in total. The average molecular weight is 172 g/mol. The van der Waals surface area contributed by atoms with Gasteiger partial charge in [-0.25, -0.2) is 4.98 Å². The van der Waals surface area contributed by atoms with Gasteiger partial charge in [0.2, 0.25) is 0 Å². The van der Waals surface area contributed by atoms with E-state index in [1.165, 1.54) is 6.20 Å². The van der Waals surface area contributed by atoms with Gasteiger partial charge in [-0.1, -0.05) is 5.92 Å². The van der Waals surface area contributed by atoms with E-state index in [-0.39, 0.29) is 0 Å². The summed E-state index contributed by atoms with van der Waals surface area (Å²) in [6, 6.07) is 5.24. The molecule has 0 unspecified atom stereocenters. The van der Waals surface area contributed by atoms with Gasteiger partial charge >= 0.3 is 0 Å². The van der Waals surface area contributed by atoms with Gasteiger partial charge in [-0.05, 0) is 25.0 Å². The summed E-state index contributed by atoms with van der Waals surface area (Å²) in [5.41, 5.74) is 1.06. The normalized spacial score (nSPS) is 10.8. The van der Waals surface area contributed by atoms with Crippen LogP contribution >= 0.6 is 0 Å². The lowest BCUT2D eigenvalue weighted by atomic mass is 10.2. The molecule has 0 radical (unpaired) electrons. The third-order valence-electron chi connectivity index (χ3n) is 1.30. The molecule has 1 heterocycles. The first-order chi connectivity index (χ1) is 6.22. The van der Waals surface area contributed by atoms with Crippen LogP contribution in [0.3, 0.4) is 0 Å². The maximum atomic E-state index is 8.86. The second-order valence-corrected chi connectivity index (χ2v) is 2.49. The molecule has 0 bridgehead atoms. The number of rotatable bonds is 0. The Balaban J connectivity index is 2.84. The van der Waals surface area contributed by atoms with Crippen LogP contribution < -0.4 is 0 Å². The maximum Gasteiger partial charge on any atom is 0.113 e. The van der Waals surface area contributed by atoms with Crippen LogP contribution in [-0.2, 0) is 0 Å². The molecule has 0 amide bonds. The summed E-state index contributed by atoms with van der Waals surface area (Å²) in [6.45, 7) is 1.58. The number of nitrogens with zero attached hydrogens (tertiary/aromatic N) is 2. The molecule has 0 aliphatic carbocycles. The second-order valence-electron chi connectivity index (χ2n) is 2.49. The highest BCUT2D eigenvalue weighted by molar-refractivity contribution is 5.33. The molecule has 13 heavy (non-hydrogen) atoms. The Bertz CT molecular complexity index is 376. The van der Waals surface area contributed by atoms with Crippen LogP contribution in [0.15, 0.2) is 18.3 Å². The Morgan fingerprint density at radius 3 is 2.77 bits per heavy atom. The molecule has 0 saturated carbocycles. The fraction of sp³-hybridized carbons (Fsp3) is 0.200. The lowest BCUT2D eigenvalue weighted by molar-refractivity contribution is 0.253. The van der Waals surface area contributed by atoms with Crippen LogP contribution in [0.5, 0.6) is 0 Å². The van der Waals surface area contributed by atoms with Gasteiger partial charge in [-0.2, -0.15) is 5.26 Å². The van der Waals surface area contributed by atoms with Gasteiger partial charge in [0, 0.05) is 6.20 Å². The number of hydrogen-bond donors (Lipinski definition) is 1. The van der Waals surface area contributed by atoms with Gasteiger partial charge in [-0.15, -0.1) is 0 Å². The maximum absolute atomic E-state index is 8.86. The highest BCUT2D eigenvalue weighted by atomic mass is 16.3. The third kappa shape index (κ3) is 2.94. The van der Waals surface area contributed by atoms with Gasteiger partial charge in [-0.3, -0.25) is 0 Å². The summed E-state index contributed by atoms with van der Waals surface area (Å²) < 4.78 is 0. The zero-order chi connectivity index (χ0) is 9.68. The van der Waals surface area contributed by atoms with E-state index in [1.54, 1.807) is 19.1 Å². The fourth-order valence-electron chi connectivity index (χ4n) is 0.712. The quantitative estimate of drug-likeness (QED) is 0.585. The molecule has 1 rings (SSSR count). The summed E-state index contributed by atoms with van der Waals surface area (Å²) in [5.74, 6) is 5.23. The molecule has 0 aliphatic heterocycles. The predicted molar refractivity (Wildman–Crippen MR) is 47.5 cm³/mol. The first-order valence-corrected chi connectivity index (χ1v) is 3.78. The molecular weight excluding hydrogens is 164 g/mol. The van der Waals surface area contributed by atoms with Crippen molar-refractivity contribution in [1.82, 2.24) is 4.98 Å². The molecular formula is C10H8N2O. The first-order valence-electron chi connectivity index (χ1n) is 3.78. The third-order valence-corrected chi connectivity index (χ3v) is 1.30. The Hall–Kier alpha value is -1.84. The van der Waals surface area contributed by atoms with Crippen molar-refractivity contribution in [2.75, 3.05) is 0 Å². The van der Waals surface area contributed by atoms with Crippen molar-refractivity contribution in [1.29, 1.82) is 5.26 Å².